The van der Waals surface area contributed by atoms with E-state index in [0.29, 0.717) is 18.4 Å². The van der Waals surface area contributed by atoms with Gasteiger partial charge < -0.3 is 16.2 Å². The molecule has 1 rings (SSSR count). The summed E-state index contributed by atoms with van der Waals surface area (Å²) in [6.07, 6.45) is -0.475. The number of aliphatic imine (C=N–C) groups is 1. The van der Waals surface area contributed by atoms with E-state index in [9.17, 15) is 0 Å². The standard InChI is InChI=1S/C13H21N3O/c1-9(2)11-5-4-6-12(7-11)16-13(14)15-8-10(3)17/h4-7,9-10,17H,8H2,1-3H3,(H3,14,15,16). The smallest absolute Gasteiger partial charge is 0.193 e. The van der Waals surface area contributed by atoms with Crippen molar-refractivity contribution in [3.63, 3.8) is 0 Å². The molecule has 0 saturated carbocycles. The SMILES string of the molecule is CC(O)CN=C(N)Nc1cccc(C(C)C)c1. The summed E-state index contributed by atoms with van der Waals surface area (Å²) in [5.41, 5.74) is 7.88. The Kier molecular flexibility index (Phi) is 4.97. The van der Waals surface area contributed by atoms with Crippen molar-refractivity contribution in [2.75, 3.05) is 11.9 Å². The third kappa shape index (κ3) is 4.87. The molecule has 1 unspecified atom stereocenters. The van der Waals surface area contributed by atoms with Gasteiger partial charge in [0.2, 0.25) is 0 Å². The van der Waals surface area contributed by atoms with Crippen molar-refractivity contribution in [3.8, 4) is 0 Å². The molecule has 0 aliphatic rings. The van der Waals surface area contributed by atoms with Gasteiger partial charge in [0.15, 0.2) is 5.96 Å². The summed E-state index contributed by atoms with van der Waals surface area (Å²) in [5.74, 6) is 0.805. The van der Waals surface area contributed by atoms with Gasteiger partial charge in [0.05, 0.1) is 12.6 Å². The normalized spacial score (nSPS) is 13.8. The van der Waals surface area contributed by atoms with Crippen LogP contribution in [0.25, 0.3) is 0 Å². The fourth-order valence-electron chi connectivity index (χ4n) is 1.39. The molecule has 4 heteroatoms. The Morgan fingerprint density at radius 1 is 1.41 bits per heavy atom. The molecule has 0 radical (unpaired) electrons. The Bertz CT molecular complexity index is 386. The molecule has 0 bridgehead atoms. The lowest BCUT2D eigenvalue weighted by Gasteiger charge is -2.10. The number of anilines is 1. The topological polar surface area (TPSA) is 70.6 Å². The second-order valence-corrected chi connectivity index (χ2v) is 4.48. The van der Waals surface area contributed by atoms with Gasteiger partial charge in [-0.05, 0) is 30.5 Å². The lowest BCUT2D eigenvalue weighted by atomic mass is 10.0. The second kappa shape index (κ2) is 6.25. The first-order valence-electron chi connectivity index (χ1n) is 5.84. The van der Waals surface area contributed by atoms with Crippen molar-refractivity contribution in [2.45, 2.75) is 32.8 Å². The lowest BCUT2D eigenvalue weighted by Crippen LogP contribution is -2.24. The molecule has 0 spiro atoms. The van der Waals surface area contributed by atoms with E-state index in [2.05, 4.69) is 36.3 Å². The van der Waals surface area contributed by atoms with E-state index in [1.54, 1.807) is 6.92 Å². The van der Waals surface area contributed by atoms with Gasteiger partial charge in [-0.3, -0.25) is 4.99 Å². The molecular weight excluding hydrogens is 214 g/mol. The molecule has 1 aromatic rings. The largest absolute Gasteiger partial charge is 0.391 e. The first kappa shape index (κ1) is 13.5. The van der Waals surface area contributed by atoms with E-state index < -0.39 is 6.10 Å². The molecule has 0 heterocycles. The van der Waals surface area contributed by atoms with Crippen LogP contribution in [0.4, 0.5) is 5.69 Å². The van der Waals surface area contributed by atoms with Gasteiger partial charge in [0.25, 0.3) is 0 Å². The van der Waals surface area contributed by atoms with Crippen LogP contribution in [0.1, 0.15) is 32.3 Å². The van der Waals surface area contributed by atoms with Crippen molar-refractivity contribution in [2.24, 2.45) is 10.7 Å². The Morgan fingerprint density at radius 2 is 2.12 bits per heavy atom. The van der Waals surface area contributed by atoms with Crippen LogP contribution in [-0.2, 0) is 0 Å². The van der Waals surface area contributed by atoms with E-state index >= 15 is 0 Å². The van der Waals surface area contributed by atoms with Crippen LogP contribution in [0.2, 0.25) is 0 Å². The molecule has 0 aliphatic heterocycles. The van der Waals surface area contributed by atoms with E-state index in [0.717, 1.165) is 5.69 Å². The maximum absolute atomic E-state index is 9.09. The first-order valence-corrected chi connectivity index (χ1v) is 5.84. The number of aliphatic hydroxyl groups excluding tert-OH is 1. The van der Waals surface area contributed by atoms with Gasteiger partial charge in [0, 0.05) is 5.69 Å². The Morgan fingerprint density at radius 3 is 2.71 bits per heavy atom. The molecule has 94 valence electrons. The van der Waals surface area contributed by atoms with Crippen molar-refractivity contribution >= 4 is 11.6 Å². The predicted molar refractivity (Wildman–Crippen MR) is 72.3 cm³/mol. The van der Waals surface area contributed by atoms with E-state index in [1.807, 2.05) is 12.1 Å². The summed E-state index contributed by atoms with van der Waals surface area (Å²) in [6, 6.07) is 8.06. The number of nitrogens with one attached hydrogen (secondary N) is 1. The summed E-state index contributed by atoms with van der Waals surface area (Å²) in [5, 5.41) is 12.1. The number of guanidine groups is 1. The van der Waals surface area contributed by atoms with Crippen LogP contribution in [0, 0.1) is 0 Å². The number of benzene rings is 1. The minimum atomic E-state index is -0.475. The molecule has 1 atom stereocenters. The molecule has 0 saturated heterocycles. The maximum atomic E-state index is 9.09. The highest BCUT2D eigenvalue weighted by atomic mass is 16.3. The highest BCUT2D eigenvalue weighted by molar-refractivity contribution is 5.92. The molecule has 0 fully saturated rings. The Balaban J connectivity index is 2.68. The zero-order valence-corrected chi connectivity index (χ0v) is 10.6. The van der Waals surface area contributed by atoms with Crippen molar-refractivity contribution < 1.29 is 5.11 Å². The van der Waals surface area contributed by atoms with Gasteiger partial charge in [-0.25, -0.2) is 0 Å². The number of nitrogens with zero attached hydrogens (tertiary/aromatic N) is 1. The molecule has 0 aromatic heterocycles. The van der Waals surface area contributed by atoms with Crippen LogP contribution in [0.15, 0.2) is 29.3 Å². The number of hydrogen-bond acceptors (Lipinski definition) is 2. The third-order valence-corrected chi connectivity index (χ3v) is 2.35. The molecule has 1 aromatic carbocycles. The summed E-state index contributed by atoms with van der Waals surface area (Å²) < 4.78 is 0. The van der Waals surface area contributed by atoms with Crippen molar-refractivity contribution in [3.05, 3.63) is 29.8 Å². The van der Waals surface area contributed by atoms with Crippen molar-refractivity contribution in [1.82, 2.24) is 0 Å². The number of aliphatic hydroxyl groups is 1. The van der Waals surface area contributed by atoms with E-state index in [1.165, 1.54) is 5.56 Å². The predicted octanol–water partition coefficient (Wildman–Crippen LogP) is 1.92. The summed E-state index contributed by atoms with van der Waals surface area (Å²) >= 11 is 0. The fourth-order valence-corrected chi connectivity index (χ4v) is 1.39. The van der Waals surface area contributed by atoms with Crippen LogP contribution in [-0.4, -0.2) is 23.7 Å². The Labute approximate surface area is 103 Å². The molecule has 0 aliphatic carbocycles. The van der Waals surface area contributed by atoms with Crippen LogP contribution >= 0.6 is 0 Å². The zero-order chi connectivity index (χ0) is 12.8. The van der Waals surface area contributed by atoms with Gasteiger partial charge in [-0.2, -0.15) is 0 Å². The van der Waals surface area contributed by atoms with Crippen LogP contribution < -0.4 is 11.1 Å². The molecule has 4 nitrogen and oxygen atoms in total. The van der Waals surface area contributed by atoms with Crippen molar-refractivity contribution in [1.29, 1.82) is 0 Å². The number of hydrogen-bond donors (Lipinski definition) is 3. The quantitative estimate of drug-likeness (QED) is 0.551. The number of nitrogens with two attached hydrogens (primary N) is 1. The minimum Gasteiger partial charge on any atom is -0.391 e. The van der Waals surface area contributed by atoms with Crippen LogP contribution in [0.3, 0.4) is 0 Å². The van der Waals surface area contributed by atoms with Gasteiger partial charge in [0.1, 0.15) is 0 Å². The van der Waals surface area contributed by atoms with Gasteiger partial charge in [-0.1, -0.05) is 26.0 Å². The molecule has 4 N–H and O–H groups in total. The van der Waals surface area contributed by atoms with E-state index in [-0.39, 0.29) is 0 Å². The first-order chi connectivity index (χ1) is 7.99. The monoisotopic (exact) mass is 235 g/mol. The summed E-state index contributed by atoms with van der Waals surface area (Å²) in [4.78, 5) is 4.03. The lowest BCUT2D eigenvalue weighted by molar-refractivity contribution is 0.204. The van der Waals surface area contributed by atoms with Gasteiger partial charge in [-0.15, -0.1) is 0 Å². The Hall–Kier alpha value is -1.55. The highest BCUT2D eigenvalue weighted by Gasteiger charge is 2.01. The van der Waals surface area contributed by atoms with E-state index in [4.69, 9.17) is 10.8 Å². The number of rotatable bonds is 4. The van der Waals surface area contributed by atoms with Crippen LogP contribution in [0.5, 0.6) is 0 Å². The average Bonchev–Trinajstić information content (AvgIpc) is 2.26. The minimum absolute atomic E-state index is 0.308. The van der Waals surface area contributed by atoms with Gasteiger partial charge >= 0.3 is 0 Å². The average molecular weight is 235 g/mol. The fraction of sp³-hybridized carbons (Fsp3) is 0.462. The molecule has 17 heavy (non-hydrogen) atoms. The highest BCUT2D eigenvalue weighted by Crippen LogP contribution is 2.18. The second-order valence-electron chi connectivity index (χ2n) is 4.48. The summed E-state index contributed by atoms with van der Waals surface area (Å²) in [7, 11) is 0. The molecular formula is C13H21N3O. The zero-order valence-electron chi connectivity index (χ0n) is 10.6. The third-order valence-electron chi connectivity index (χ3n) is 2.35. The maximum Gasteiger partial charge on any atom is 0.193 e. The molecule has 0 amide bonds. The summed E-state index contributed by atoms with van der Waals surface area (Å²) in [6.45, 7) is 6.27.